The summed E-state index contributed by atoms with van der Waals surface area (Å²) in [5.41, 5.74) is 2.17. The highest BCUT2D eigenvalue weighted by molar-refractivity contribution is 7.97. The molecule has 0 amide bonds. The Balaban J connectivity index is 1.08. The lowest BCUT2D eigenvalue weighted by atomic mass is 10.1. The van der Waals surface area contributed by atoms with Gasteiger partial charge in [-0.25, -0.2) is 14.7 Å². The summed E-state index contributed by atoms with van der Waals surface area (Å²) < 4.78 is 5.38. The van der Waals surface area contributed by atoms with Crippen molar-refractivity contribution in [1.29, 1.82) is 0 Å². The molecule has 2 aliphatic heterocycles. The first kappa shape index (κ1) is 19.4. The van der Waals surface area contributed by atoms with Gasteiger partial charge in [0, 0.05) is 62.5 Å². The van der Waals surface area contributed by atoms with Gasteiger partial charge in [0.15, 0.2) is 0 Å². The summed E-state index contributed by atoms with van der Waals surface area (Å²) in [5, 5.41) is 0.625. The van der Waals surface area contributed by atoms with E-state index in [2.05, 4.69) is 48.8 Å². The quantitative estimate of drug-likeness (QED) is 0.619. The molecule has 2 aromatic heterocycles. The molecule has 0 radical (unpaired) electrons. The van der Waals surface area contributed by atoms with Crippen LogP contribution in [-0.2, 0) is 6.54 Å². The van der Waals surface area contributed by atoms with Crippen LogP contribution in [0.15, 0.2) is 52.4 Å². The van der Waals surface area contributed by atoms with Crippen molar-refractivity contribution in [2.24, 2.45) is 0 Å². The van der Waals surface area contributed by atoms with Crippen LogP contribution in [-0.4, -0.2) is 57.1 Å². The number of hydrogen-bond donors (Lipinski definition) is 1. The van der Waals surface area contributed by atoms with Crippen molar-refractivity contribution in [3.8, 4) is 0 Å². The first-order valence-corrected chi connectivity index (χ1v) is 11.9. The molecule has 4 heterocycles. The first-order chi connectivity index (χ1) is 15.3. The van der Waals surface area contributed by atoms with E-state index in [1.54, 1.807) is 22.7 Å². The van der Waals surface area contributed by atoms with Gasteiger partial charge in [0.1, 0.15) is 5.82 Å². The number of piperazine rings is 1. The Morgan fingerprint density at radius 3 is 2.74 bits per heavy atom. The number of nitrogens with zero attached hydrogens (tertiary/aromatic N) is 5. The maximum atomic E-state index is 12.9. The molecular formula is C23H26N6OS. The van der Waals surface area contributed by atoms with E-state index in [1.807, 2.05) is 12.3 Å². The zero-order valence-electron chi connectivity index (χ0n) is 17.4. The van der Waals surface area contributed by atoms with E-state index in [-0.39, 0.29) is 5.56 Å². The Bertz CT molecular complexity index is 1170. The number of pyridine rings is 1. The minimum absolute atomic E-state index is 0.0160. The molecule has 160 valence electrons. The molecule has 1 aromatic carbocycles. The molecule has 7 nitrogen and oxygen atoms in total. The maximum absolute atomic E-state index is 12.9. The minimum atomic E-state index is 0.0160. The predicted octanol–water partition coefficient (Wildman–Crippen LogP) is 2.60. The van der Waals surface area contributed by atoms with Crippen molar-refractivity contribution in [2.75, 3.05) is 32.7 Å². The highest BCUT2D eigenvalue weighted by Crippen LogP contribution is 2.38. The van der Waals surface area contributed by atoms with Gasteiger partial charge in [-0.3, -0.25) is 14.6 Å². The molecule has 1 unspecified atom stereocenters. The molecule has 2 fully saturated rings. The molecule has 0 spiro atoms. The van der Waals surface area contributed by atoms with Crippen LogP contribution in [0.5, 0.6) is 0 Å². The van der Waals surface area contributed by atoms with Crippen molar-refractivity contribution in [2.45, 2.75) is 36.4 Å². The monoisotopic (exact) mass is 434 g/mol. The summed E-state index contributed by atoms with van der Waals surface area (Å²) in [5.74, 6) is 1.39. The van der Waals surface area contributed by atoms with Gasteiger partial charge in [-0.1, -0.05) is 18.2 Å². The fourth-order valence-electron chi connectivity index (χ4n) is 4.55. The third kappa shape index (κ3) is 3.78. The molecule has 1 aliphatic carbocycles. The van der Waals surface area contributed by atoms with Gasteiger partial charge in [-0.2, -0.15) is 0 Å². The average Bonchev–Trinajstić information content (AvgIpc) is 3.58. The van der Waals surface area contributed by atoms with E-state index < -0.39 is 0 Å². The lowest BCUT2D eigenvalue weighted by molar-refractivity contribution is 0.0908. The smallest absolute Gasteiger partial charge is 0.261 e. The SMILES string of the molecule is O=c1c2cnc(C3CC3)nc2ccn1CCN1CCN(C2NSc3ccccc32)CC1. The van der Waals surface area contributed by atoms with E-state index in [0.29, 0.717) is 24.0 Å². The first-order valence-electron chi connectivity index (χ1n) is 11.1. The van der Waals surface area contributed by atoms with Crippen LogP contribution in [0.4, 0.5) is 0 Å². The number of aromatic nitrogens is 3. The third-order valence-corrected chi connectivity index (χ3v) is 7.54. The van der Waals surface area contributed by atoms with E-state index in [0.717, 1.165) is 56.9 Å². The second-order valence-electron chi connectivity index (χ2n) is 8.65. The summed E-state index contributed by atoms with van der Waals surface area (Å²) in [4.78, 5) is 28.2. The summed E-state index contributed by atoms with van der Waals surface area (Å²) in [6, 6.07) is 10.6. The van der Waals surface area contributed by atoms with Gasteiger partial charge in [0.05, 0.1) is 17.1 Å². The van der Waals surface area contributed by atoms with E-state index in [1.165, 1.54) is 10.5 Å². The summed E-state index contributed by atoms with van der Waals surface area (Å²) in [6.45, 7) is 5.65. The van der Waals surface area contributed by atoms with E-state index in [4.69, 9.17) is 0 Å². The average molecular weight is 435 g/mol. The molecule has 8 heteroatoms. The highest BCUT2D eigenvalue weighted by atomic mass is 32.2. The van der Waals surface area contributed by atoms with Crippen molar-refractivity contribution in [3.63, 3.8) is 0 Å². The summed E-state index contributed by atoms with van der Waals surface area (Å²) in [6.07, 6.45) is 6.24. The van der Waals surface area contributed by atoms with E-state index in [9.17, 15) is 4.79 Å². The summed E-state index contributed by atoms with van der Waals surface area (Å²) in [7, 11) is 0. The second kappa shape index (κ2) is 8.02. The lowest BCUT2D eigenvalue weighted by Crippen LogP contribution is -2.49. The third-order valence-electron chi connectivity index (χ3n) is 6.61. The largest absolute Gasteiger partial charge is 0.314 e. The Morgan fingerprint density at radius 1 is 1.06 bits per heavy atom. The standard InChI is InChI=1S/C23H26N6OS/c30-23-18-15-24-21(16-5-6-16)25-19(18)7-8-29(23)14-11-27-9-12-28(13-10-27)22-17-3-1-2-4-20(17)31-26-22/h1-4,7-8,15-16,22,26H,5-6,9-14H2. The number of nitrogens with one attached hydrogen (secondary N) is 1. The topological polar surface area (TPSA) is 66.3 Å². The molecule has 1 atom stereocenters. The Morgan fingerprint density at radius 2 is 1.90 bits per heavy atom. The lowest BCUT2D eigenvalue weighted by Gasteiger charge is -2.38. The van der Waals surface area contributed by atoms with Crippen LogP contribution < -0.4 is 10.3 Å². The Labute approximate surface area is 185 Å². The zero-order valence-corrected chi connectivity index (χ0v) is 18.2. The van der Waals surface area contributed by atoms with Crippen LogP contribution in [0.3, 0.4) is 0 Å². The van der Waals surface area contributed by atoms with Crippen LogP contribution in [0.2, 0.25) is 0 Å². The van der Waals surface area contributed by atoms with Crippen molar-refractivity contribution >= 4 is 22.9 Å². The van der Waals surface area contributed by atoms with Gasteiger partial charge in [-0.15, -0.1) is 0 Å². The number of rotatable bonds is 5. The van der Waals surface area contributed by atoms with Gasteiger partial charge in [0.2, 0.25) is 0 Å². The van der Waals surface area contributed by atoms with Gasteiger partial charge >= 0.3 is 0 Å². The molecule has 3 aliphatic rings. The van der Waals surface area contributed by atoms with Gasteiger partial charge < -0.3 is 4.57 Å². The zero-order chi connectivity index (χ0) is 20.8. The number of fused-ring (bicyclic) bond motifs is 2. The Hall–Kier alpha value is -2.26. The van der Waals surface area contributed by atoms with Crippen LogP contribution in [0.25, 0.3) is 10.9 Å². The highest BCUT2D eigenvalue weighted by Gasteiger charge is 2.30. The van der Waals surface area contributed by atoms with E-state index >= 15 is 0 Å². The molecule has 6 rings (SSSR count). The Kier molecular flexibility index (Phi) is 5.02. The maximum Gasteiger partial charge on any atom is 0.261 e. The van der Waals surface area contributed by atoms with Crippen LogP contribution in [0, 0.1) is 0 Å². The van der Waals surface area contributed by atoms with Crippen LogP contribution >= 0.6 is 11.9 Å². The van der Waals surface area contributed by atoms with Crippen molar-refractivity contribution in [3.05, 3.63) is 64.5 Å². The molecule has 1 N–H and O–H groups in total. The number of hydrogen-bond acceptors (Lipinski definition) is 7. The molecule has 1 saturated heterocycles. The molecular weight excluding hydrogens is 408 g/mol. The van der Waals surface area contributed by atoms with Crippen LogP contribution in [0.1, 0.15) is 36.3 Å². The fraction of sp³-hybridized carbons (Fsp3) is 0.435. The molecule has 1 saturated carbocycles. The van der Waals surface area contributed by atoms with Crippen molar-refractivity contribution < 1.29 is 0 Å². The molecule has 3 aromatic rings. The van der Waals surface area contributed by atoms with Gasteiger partial charge in [-0.05, 0) is 42.5 Å². The fourth-order valence-corrected chi connectivity index (χ4v) is 5.50. The minimum Gasteiger partial charge on any atom is -0.314 e. The molecule has 31 heavy (non-hydrogen) atoms. The van der Waals surface area contributed by atoms with Gasteiger partial charge in [0.25, 0.3) is 5.56 Å². The normalized spacial score (nSPS) is 22.1. The second-order valence-corrected chi connectivity index (χ2v) is 9.53. The summed E-state index contributed by atoms with van der Waals surface area (Å²) >= 11 is 1.73. The van der Waals surface area contributed by atoms with Crippen molar-refractivity contribution in [1.82, 2.24) is 29.1 Å². The number of benzene rings is 1. The predicted molar refractivity (Wildman–Crippen MR) is 122 cm³/mol. The molecule has 0 bridgehead atoms.